The number of ether oxygens (including phenoxy) is 2. The predicted molar refractivity (Wildman–Crippen MR) is 138 cm³/mol. The number of benzene rings is 2. The number of aromatic nitrogens is 1. The molecule has 0 amide bonds. The third kappa shape index (κ3) is 8.43. The number of carbonyl (C=O) groups is 1. The maximum Gasteiger partial charge on any atom is 0.371 e. The normalized spacial score (nSPS) is 11.3. The van der Waals surface area contributed by atoms with Gasteiger partial charge in [-0.25, -0.2) is 4.79 Å². The van der Waals surface area contributed by atoms with E-state index in [0.29, 0.717) is 18.1 Å². The van der Waals surface area contributed by atoms with E-state index in [1.54, 1.807) is 24.9 Å². The third-order valence-electron chi connectivity index (χ3n) is 5.06. The first-order valence-electron chi connectivity index (χ1n) is 11.0. The van der Waals surface area contributed by atoms with Crippen molar-refractivity contribution in [1.29, 1.82) is 0 Å². The Morgan fingerprint density at radius 1 is 1.03 bits per heavy atom. The lowest BCUT2D eigenvalue weighted by atomic mass is 10.1. The van der Waals surface area contributed by atoms with E-state index in [-0.39, 0.29) is 5.76 Å². The summed E-state index contributed by atoms with van der Waals surface area (Å²) in [5, 5.41) is 10.3. The Labute approximate surface area is 209 Å². The molecule has 5 nitrogen and oxygen atoms in total. The van der Waals surface area contributed by atoms with Crippen LogP contribution in [0.25, 0.3) is 6.08 Å². The van der Waals surface area contributed by atoms with E-state index in [1.807, 2.05) is 60.7 Å². The van der Waals surface area contributed by atoms with Crippen LogP contribution in [0, 0.1) is 0 Å². The number of hydrogen-bond acceptors (Lipinski definition) is 5. The van der Waals surface area contributed by atoms with Gasteiger partial charge in [0.05, 0.1) is 25.1 Å². The van der Waals surface area contributed by atoms with Crippen LogP contribution >= 0.6 is 23.4 Å². The molecule has 0 fully saturated rings. The summed E-state index contributed by atoms with van der Waals surface area (Å²) in [5.41, 5.74) is 3.73. The number of carboxylic acid groups (broad SMARTS) is 1. The van der Waals surface area contributed by atoms with Crippen molar-refractivity contribution in [1.82, 2.24) is 4.98 Å². The Kier molecular flexibility index (Phi) is 10.3. The molecule has 1 heterocycles. The SMILES string of the molecule is COc1ccc(CCCCO/C(=C/c2cccc(CSCc3ccccc3Cl)n2)C(=O)O)cc1. The average Bonchev–Trinajstić information content (AvgIpc) is 2.85. The number of rotatable bonds is 13. The number of hydrogen-bond donors (Lipinski definition) is 1. The number of methoxy groups -OCH3 is 1. The summed E-state index contributed by atoms with van der Waals surface area (Å²) < 4.78 is 10.7. The molecule has 178 valence electrons. The summed E-state index contributed by atoms with van der Waals surface area (Å²) in [7, 11) is 1.65. The van der Waals surface area contributed by atoms with Crippen LogP contribution in [-0.2, 0) is 27.5 Å². The maximum absolute atomic E-state index is 11.6. The van der Waals surface area contributed by atoms with Gasteiger partial charge in [-0.3, -0.25) is 4.98 Å². The molecule has 1 aromatic heterocycles. The molecule has 0 aliphatic rings. The average molecular weight is 498 g/mol. The molecule has 0 saturated carbocycles. The highest BCUT2D eigenvalue weighted by molar-refractivity contribution is 7.97. The first kappa shape index (κ1) is 25.7. The minimum absolute atomic E-state index is 0.0992. The summed E-state index contributed by atoms with van der Waals surface area (Å²) >= 11 is 7.92. The van der Waals surface area contributed by atoms with Crippen molar-refractivity contribution in [3.05, 3.63) is 100 Å². The topological polar surface area (TPSA) is 68.7 Å². The molecule has 0 radical (unpaired) electrons. The summed E-state index contributed by atoms with van der Waals surface area (Å²) in [6, 6.07) is 21.3. The van der Waals surface area contributed by atoms with Crippen molar-refractivity contribution in [2.45, 2.75) is 30.8 Å². The van der Waals surface area contributed by atoms with Crippen molar-refractivity contribution in [2.75, 3.05) is 13.7 Å². The van der Waals surface area contributed by atoms with Gasteiger partial charge in [-0.2, -0.15) is 11.8 Å². The zero-order valence-electron chi connectivity index (χ0n) is 19.1. The van der Waals surface area contributed by atoms with Crippen LogP contribution in [0.3, 0.4) is 0 Å². The molecule has 0 spiro atoms. The van der Waals surface area contributed by atoms with Gasteiger partial charge in [-0.15, -0.1) is 0 Å². The van der Waals surface area contributed by atoms with E-state index in [0.717, 1.165) is 47.0 Å². The van der Waals surface area contributed by atoms with Gasteiger partial charge >= 0.3 is 5.97 Å². The minimum Gasteiger partial charge on any atom is -0.497 e. The second-order valence-corrected chi connectivity index (χ2v) is 9.00. The van der Waals surface area contributed by atoms with Crippen LogP contribution in [0.2, 0.25) is 5.02 Å². The molecule has 1 N–H and O–H groups in total. The van der Waals surface area contributed by atoms with Crippen LogP contribution in [0.1, 0.15) is 35.4 Å². The van der Waals surface area contributed by atoms with E-state index >= 15 is 0 Å². The number of aryl methyl sites for hydroxylation is 1. The molecule has 0 unspecified atom stereocenters. The smallest absolute Gasteiger partial charge is 0.371 e. The van der Waals surface area contributed by atoms with Gasteiger partial charge in [0.15, 0.2) is 0 Å². The summed E-state index contributed by atoms with van der Waals surface area (Å²) in [4.78, 5) is 16.2. The second-order valence-electron chi connectivity index (χ2n) is 7.61. The molecular formula is C27H28ClNO4S. The summed E-state index contributed by atoms with van der Waals surface area (Å²) in [5.74, 6) is 1.11. The molecule has 0 aliphatic heterocycles. The van der Waals surface area contributed by atoms with Gasteiger partial charge in [0, 0.05) is 22.6 Å². The predicted octanol–water partition coefficient (Wildman–Crippen LogP) is 6.64. The van der Waals surface area contributed by atoms with E-state index in [2.05, 4.69) is 4.98 Å². The number of carboxylic acids is 1. The van der Waals surface area contributed by atoms with Gasteiger partial charge in [-0.05, 0) is 60.7 Å². The third-order valence-corrected chi connectivity index (χ3v) is 6.44. The van der Waals surface area contributed by atoms with Gasteiger partial charge < -0.3 is 14.6 Å². The maximum atomic E-state index is 11.6. The van der Waals surface area contributed by atoms with Crippen LogP contribution < -0.4 is 4.74 Å². The lowest BCUT2D eigenvalue weighted by Crippen LogP contribution is -2.07. The van der Waals surface area contributed by atoms with Crippen LogP contribution in [0.4, 0.5) is 0 Å². The lowest BCUT2D eigenvalue weighted by Gasteiger charge is -2.08. The summed E-state index contributed by atoms with van der Waals surface area (Å²) in [6.45, 7) is 0.335. The highest BCUT2D eigenvalue weighted by Gasteiger charge is 2.10. The molecule has 3 aromatic rings. The van der Waals surface area contributed by atoms with Gasteiger partial charge in [0.1, 0.15) is 5.75 Å². The fourth-order valence-corrected chi connectivity index (χ4v) is 4.47. The second kappa shape index (κ2) is 13.7. The number of unbranched alkanes of at least 4 members (excludes halogenated alkanes) is 1. The van der Waals surface area contributed by atoms with Crippen molar-refractivity contribution < 1.29 is 19.4 Å². The Morgan fingerprint density at radius 2 is 1.82 bits per heavy atom. The number of pyridine rings is 1. The van der Waals surface area contributed by atoms with Crippen molar-refractivity contribution in [3.63, 3.8) is 0 Å². The fraction of sp³-hybridized carbons (Fsp3) is 0.259. The quantitative estimate of drug-likeness (QED) is 0.162. The molecule has 0 atom stereocenters. The monoisotopic (exact) mass is 497 g/mol. The summed E-state index contributed by atoms with van der Waals surface area (Å²) in [6.07, 6.45) is 4.03. The Bertz CT molecular complexity index is 1100. The van der Waals surface area contributed by atoms with Crippen LogP contribution in [0.5, 0.6) is 5.75 Å². The zero-order chi connectivity index (χ0) is 24.2. The van der Waals surface area contributed by atoms with Gasteiger partial charge in [0.2, 0.25) is 5.76 Å². The fourth-order valence-electron chi connectivity index (χ4n) is 3.24. The molecule has 3 rings (SSSR count). The van der Waals surface area contributed by atoms with Crippen molar-refractivity contribution in [3.8, 4) is 5.75 Å². The minimum atomic E-state index is -1.10. The zero-order valence-corrected chi connectivity index (χ0v) is 20.6. The highest BCUT2D eigenvalue weighted by Crippen LogP contribution is 2.23. The highest BCUT2D eigenvalue weighted by atomic mass is 35.5. The number of halogens is 1. The number of nitrogens with zero attached hydrogens (tertiary/aromatic N) is 1. The first-order chi connectivity index (χ1) is 16.5. The molecule has 34 heavy (non-hydrogen) atoms. The Hall–Kier alpha value is -2.96. The van der Waals surface area contributed by atoms with E-state index in [9.17, 15) is 9.90 Å². The molecule has 7 heteroatoms. The van der Waals surface area contributed by atoms with E-state index in [4.69, 9.17) is 21.1 Å². The standard InChI is InChI=1S/C27H28ClNO4S/c1-32-24-14-12-20(13-15-24)7-4-5-16-33-26(27(30)31)17-22-9-6-10-23(29-22)19-34-18-21-8-2-3-11-25(21)28/h2-3,6,8-15,17H,4-5,7,16,18-19H2,1H3,(H,30,31)/b26-17+. The van der Waals surface area contributed by atoms with Gasteiger partial charge in [0.25, 0.3) is 0 Å². The van der Waals surface area contributed by atoms with Crippen LogP contribution in [0.15, 0.2) is 72.5 Å². The van der Waals surface area contributed by atoms with Crippen molar-refractivity contribution >= 4 is 35.4 Å². The van der Waals surface area contributed by atoms with Gasteiger partial charge in [-0.1, -0.05) is 48.0 Å². The molecule has 0 aliphatic carbocycles. The van der Waals surface area contributed by atoms with E-state index in [1.165, 1.54) is 11.6 Å². The largest absolute Gasteiger partial charge is 0.497 e. The molecule has 2 aromatic carbocycles. The Balaban J connectivity index is 1.48. The van der Waals surface area contributed by atoms with E-state index < -0.39 is 5.97 Å². The van der Waals surface area contributed by atoms with Crippen molar-refractivity contribution in [2.24, 2.45) is 0 Å². The molecular weight excluding hydrogens is 470 g/mol. The molecule has 0 bridgehead atoms. The van der Waals surface area contributed by atoms with Crippen LogP contribution in [-0.4, -0.2) is 29.8 Å². The number of thioether (sulfide) groups is 1. The first-order valence-corrected chi connectivity index (χ1v) is 12.6. The number of aliphatic carboxylic acids is 1. The lowest BCUT2D eigenvalue weighted by molar-refractivity contribution is -0.136. The molecule has 0 saturated heterocycles. The Morgan fingerprint density at radius 3 is 2.56 bits per heavy atom.